The van der Waals surface area contributed by atoms with Crippen molar-refractivity contribution in [3.05, 3.63) is 87.9 Å². The second-order valence-electron chi connectivity index (χ2n) is 6.17. The molecule has 0 spiro atoms. The summed E-state index contributed by atoms with van der Waals surface area (Å²) in [6.07, 6.45) is 0. The third-order valence-electron chi connectivity index (χ3n) is 4.21. The van der Waals surface area contributed by atoms with Gasteiger partial charge in [-0.05, 0) is 60.7 Å². The number of rotatable bonds is 5. The van der Waals surface area contributed by atoms with E-state index in [0.717, 1.165) is 34.6 Å². The predicted octanol–water partition coefficient (Wildman–Crippen LogP) is 5.35. The molecular weight excluding hydrogens is 457 g/mol. The molecule has 0 bridgehead atoms. The lowest BCUT2D eigenvalue weighted by Crippen LogP contribution is -2.27. The maximum Gasteiger partial charge on any atom is 0.264 e. The van der Waals surface area contributed by atoms with Crippen LogP contribution >= 0.6 is 23.2 Å². The molecule has 0 aliphatic rings. The van der Waals surface area contributed by atoms with Gasteiger partial charge in [-0.2, -0.15) is 0 Å². The largest absolute Gasteiger partial charge is 0.321 e. The highest BCUT2D eigenvalue weighted by molar-refractivity contribution is 7.92. The molecule has 156 valence electrons. The number of benzene rings is 3. The fourth-order valence-corrected chi connectivity index (χ4v) is 4.21. The van der Waals surface area contributed by atoms with E-state index in [9.17, 15) is 22.0 Å². The highest BCUT2D eigenvalue weighted by Gasteiger charge is 2.24. The maximum atomic E-state index is 13.2. The highest BCUT2D eigenvalue weighted by Crippen LogP contribution is 2.28. The van der Waals surface area contributed by atoms with Gasteiger partial charge in [-0.3, -0.25) is 9.10 Å². The van der Waals surface area contributed by atoms with Crippen molar-refractivity contribution in [1.29, 1.82) is 0 Å². The topological polar surface area (TPSA) is 66.5 Å². The molecule has 0 aliphatic heterocycles. The minimum Gasteiger partial charge on any atom is -0.321 e. The number of sulfonamides is 1. The monoisotopic (exact) mass is 470 g/mol. The molecule has 1 amide bonds. The summed E-state index contributed by atoms with van der Waals surface area (Å²) in [6, 6.07) is 11.9. The Morgan fingerprint density at radius 1 is 0.900 bits per heavy atom. The van der Waals surface area contributed by atoms with Gasteiger partial charge in [-0.25, -0.2) is 17.2 Å². The Hall–Kier alpha value is -2.68. The number of anilines is 2. The molecule has 5 nitrogen and oxygen atoms in total. The average Bonchev–Trinajstić information content (AvgIpc) is 2.70. The van der Waals surface area contributed by atoms with Gasteiger partial charge in [0, 0.05) is 7.05 Å². The van der Waals surface area contributed by atoms with Crippen LogP contribution in [0.5, 0.6) is 0 Å². The van der Waals surface area contributed by atoms with Crippen LogP contribution in [0.3, 0.4) is 0 Å². The van der Waals surface area contributed by atoms with Crippen LogP contribution in [0.25, 0.3) is 0 Å². The predicted molar refractivity (Wildman–Crippen MR) is 113 cm³/mol. The Kier molecular flexibility index (Phi) is 6.30. The van der Waals surface area contributed by atoms with Gasteiger partial charge < -0.3 is 5.32 Å². The lowest BCUT2D eigenvalue weighted by molar-refractivity contribution is 0.102. The van der Waals surface area contributed by atoms with E-state index in [2.05, 4.69) is 5.32 Å². The van der Waals surface area contributed by atoms with Crippen LogP contribution in [-0.4, -0.2) is 21.4 Å². The molecule has 0 heterocycles. The molecule has 0 aliphatic carbocycles. The SMILES string of the molecule is CN(c1ccc(F)cc1)S(=O)(=O)c1ccc(Cl)c(C(=O)Nc2ccc(F)cc2Cl)c1. The average molecular weight is 471 g/mol. The first-order chi connectivity index (χ1) is 14.1. The van der Waals surface area contributed by atoms with E-state index < -0.39 is 27.6 Å². The van der Waals surface area contributed by atoms with Crippen LogP contribution in [0.2, 0.25) is 10.0 Å². The normalized spacial score (nSPS) is 11.2. The molecule has 10 heteroatoms. The standard InChI is InChI=1S/C20H14Cl2F2N2O3S/c1-26(14-5-2-12(23)3-6-14)30(28,29)15-7-8-17(21)16(11-15)20(27)25-19-9-4-13(24)10-18(19)22/h2-11H,1H3,(H,25,27). The Morgan fingerprint density at radius 3 is 2.17 bits per heavy atom. The van der Waals surface area contributed by atoms with Crippen molar-refractivity contribution in [3.8, 4) is 0 Å². The summed E-state index contributed by atoms with van der Waals surface area (Å²) in [5, 5.41) is 2.45. The van der Waals surface area contributed by atoms with Gasteiger partial charge in [0.15, 0.2) is 0 Å². The molecule has 0 saturated heterocycles. The van der Waals surface area contributed by atoms with E-state index in [0.29, 0.717) is 0 Å². The summed E-state index contributed by atoms with van der Waals surface area (Å²) in [5.41, 5.74) is 0.247. The van der Waals surface area contributed by atoms with E-state index in [-0.39, 0.29) is 31.9 Å². The van der Waals surface area contributed by atoms with E-state index in [1.807, 2.05) is 0 Å². The molecule has 0 radical (unpaired) electrons. The quantitative estimate of drug-likeness (QED) is 0.546. The van der Waals surface area contributed by atoms with Crippen molar-refractivity contribution < 1.29 is 22.0 Å². The zero-order chi connectivity index (χ0) is 22.1. The van der Waals surface area contributed by atoms with Crippen molar-refractivity contribution in [2.45, 2.75) is 4.90 Å². The first-order valence-electron chi connectivity index (χ1n) is 8.40. The molecule has 3 aromatic carbocycles. The Labute approximate surface area is 181 Å². The third kappa shape index (κ3) is 4.56. The number of amides is 1. The van der Waals surface area contributed by atoms with Crippen LogP contribution in [0, 0.1) is 11.6 Å². The van der Waals surface area contributed by atoms with E-state index in [4.69, 9.17) is 23.2 Å². The fraction of sp³-hybridized carbons (Fsp3) is 0.0500. The fourth-order valence-electron chi connectivity index (χ4n) is 2.57. The Balaban J connectivity index is 1.93. The molecule has 0 saturated carbocycles. The number of hydrogen-bond donors (Lipinski definition) is 1. The van der Waals surface area contributed by atoms with Gasteiger partial charge in [0.25, 0.3) is 15.9 Å². The summed E-state index contributed by atoms with van der Waals surface area (Å²) in [7, 11) is -2.77. The van der Waals surface area contributed by atoms with E-state index in [1.54, 1.807) is 0 Å². The number of hydrogen-bond acceptors (Lipinski definition) is 3. The number of nitrogens with zero attached hydrogens (tertiary/aromatic N) is 1. The van der Waals surface area contributed by atoms with Crippen molar-refractivity contribution in [3.63, 3.8) is 0 Å². The molecule has 1 N–H and O–H groups in total. The summed E-state index contributed by atoms with van der Waals surface area (Å²) in [5.74, 6) is -1.81. The second-order valence-corrected chi connectivity index (χ2v) is 8.95. The van der Waals surface area contributed by atoms with Crippen LogP contribution in [-0.2, 0) is 10.0 Å². The second kappa shape index (κ2) is 8.59. The Bertz CT molecular complexity index is 1220. The van der Waals surface area contributed by atoms with Crippen molar-refractivity contribution >= 4 is 50.5 Å². The van der Waals surface area contributed by atoms with Gasteiger partial charge in [0.1, 0.15) is 11.6 Å². The van der Waals surface area contributed by atoms with Gasteiger partial charge in [0.2, 0.25) is 0 Å². The smallest absolute Gasteiger partial charge is 0.264 e. The lowest BCUT2D eigenvalue weighted by Gasteiger charge is -2.20. The highest BCUT2D eigenvalue weighted by atomic mass is 35.5. The Morgan fingerprint density at radius 2 is 1.53 bits per heavy atom. The molecule has 3 aromatic rings. The molecule has 0 aromatic heterocycles. The van der Waals surface area contributed by atoms with E-state index >= 15 is 0 Å². The molecular formula is C20H14Cl2F2N2O3S. The van der Waals surface area contributed by atoms with Crippen LogP contribution in [0.15, 0.2) is 65.6 Å². The zero-order valence-corrected chi connectivity index (χ0v) is 17.7. The van der Waals surface area contributed by atoms with Crippen molar-refractivity contribution in [2.75, 3.05) is 16.7 Å². The van der Waals surface area contributed by atoms with Gasteiger partial charge in [0.05, 0.1) is 31.9 Å². The summed E-state index contributed by atoms with van der Waals surface area (Å²) < 4.78 is 53.2. The van der Waals surface area contributed by atoms with Gasteiger partial charge in [-0.15, -0.1) is 0 Å². The van der Waals surface area contributed by atoms with Crippen LogP contribution in [0.1, 0.15) is 10.4 Å². The molecule has 0 fully saturated rings. The molecule has 3 rings (SSSR count). The van der Waals surface area contributed by atoms with Crippen molar-refractivity contribution in [2.24, 2.45) is 0 Å². The van der Waals surface area contributed by atoms with Crippen molar-refractivity contribution in [1.82, 2.24) is 0 Å². The number of halogens is 4. The van der Waals surface area contributed by atoms with Gasteiger partial charge in [-0.1, -0.05) is 23.2 Å². The van der Waals surface area contributed by atoms with Crippen LogP contribution < -0.4 is 9.62 Å². The molecule has 0 unspecified atom stereocenters. The number of carbonyl (C=O) groups is 1. The zero-order valence-electron chi connectivity index (χ0n) is 15.4. The summed E-state index contributed by atoms with van der Waals surface area (Å²) in [6.45, 7) is 0. The maximum absolute atomic E-state index is 13.2. The minimum atomic E-state index is -4.07. The first-order valence-corrected chi connectivity index (χ1v) is 10.6. The first kappa shape index (κ1) is 22.0. The minimum absolute atomic E-state index is 0.00844. The number of carbonyl (C=O) groups excluding carboxylic acids is 1. The summed E-state index contributed by atoms with van der Waals surface area (Å²) in [4.78, 5) is 12.4. The number of nitrogens with one attached hydrogen (secondary N) is 1. The van der Waals surface area contributed by atoms with Gasteiger partial charge >= 0.3 is 0 Å². The molecule has 0 atom stereocenters. The third-order valence-corrected chi connectivity index (χ3v) is 6.63. The summed E-state index contributed by atoms with van der Waals surface area (Å²) >= 11 is 12.0. The molecule has 30 heavy (non-hydrogen) atoms. The van der Waals surface area contributed by atoms with E-state index in [1.165, 1.54) is 37.4 Å². The lowest BCUT2D eigenvalue weighted by atomic mass is 10.2. The van der Waals surface area contributed by atoms with Crippen LogP contribution in [0.4, 0.5) is 20.2 Å².